The van der Waals surface area contributed by atoms with Crippen molar-refractivity contribution < 1.29 is 19.5 Å². The molecule has 0 fully saturated rings. The van der Waals surface area contributed by atoms with Gasteiger partial charge in [0.05, 0.1) is 5.97 Å². The molecule has 1 aromatic rings. The third-order valence-corrected chi connectivity index (χ3v) is 1.98. The summed E-state index contributed by atoms with van der Waals surface area (Å²) in [5, 5.41) is 10.0. The molecule has 0 bridgehead atoms. The number of amides is 2. The predicted molar refractivity (Wildman–Crippen MR) is 60.9 cm³/mol. The van der Waals surface area contributed by atoms with Gasteiger partial charge in [-0.15, -0.1) is 0 Å². The van der Waals surface area contributed by atoms with Gasteiger partial charge >= 0.3 is 0 Å². The number of hydrazine groups is 1. The Morgan fingerprint density at radius 1 is 1.06 bits per heavy atom. The second-order valence-corrected chi connectivity index (χ2v) is 3.46. The minimum atomic E-state index is -1.49. The number of carbonyl (C=O) groups is 3. The van der Waals surface area contributed by atoms with Crippen LogP contribution in [0.5, 0.6) is 0 Å². The van der Waals surface area contributed by atoms with Gasteiger partial charge in [0.1, 0.15) is 0 Å². The van der Waals surface area contributed by atoms with Crippen LogP contribution in [-0.2, 0) is 9.59 Å². The summed E-state index contributed by atoms with van der Waals surface area (Å²) in [6, 6.07) is 6.72. The summed E-state index contributed by atoms with van der Waals surface area (Å²) in [7, 11) is 0. The molecule has 0 unspecified atom stereocenters. The number of carboxylic acids is 1. The molecule has 2 amide bonds. The van der Waals surface area contributed by atoms with Gasteiger partial charge in [-0.2, -0.15) is 0 Å². The molecule has 0 spiro atoms. The summed E-state index contributed by atoms with van der Waals surface area (Å²) >= 11 is 0. The van der Waals surface area contributed by atoms with Crippen LogP contribution in [0.25, 0.3) is 0 Å². The van der Waals surface area contributed by atoms with Crippen LogP contribution in [0.2, 0.25) is 0 Å². The lowest BCUT2D eigenvalue weighted by Gasteiger charge is -2.05. The summed E-state index contributed by atoms with van der Waals surface area (Å²) < 4.78 is 0. The van der Waals surface area contributed by atoms with Crippen LogP contribution in [0.1, 0.15) is 15.9 Å². The molecule has 1 aromatic carbocycles. The normalized spacial score (nSPS) is 10.1. The van der Waals surface area contributed by atoms with E-state index in [0.29, 0.717) is 11.6 Å². The largest absolute Gasteiger partial charge is 0.545 e. The first kappa shape index (κ1) is 13.4. The minimum absolute atomic E-state index is 0.379. The minimum Gasteiger partial charge on any atom is -0.545 e. The van der Waals surface area contributed by atoms with Crippen molar-refractivity contribution in [3.63, 3.8) is 0 Å². The SMILES string of the molecule is Cc1ccc(C(=O)NNC(=O)/C=C/C(=O)[O-])cc1. The van der Waals surface area contributed by atoms with Crippen molar-refractivity contribution in [1.29, 1.82) is 0 Å². The Balaban J connectivity index is 2.49. The fraction of sp³-hybridized carbons (Fsp3) is 0.0833. The number of benzene rings is 1. The van der Waals surface area contributed by atoms with Crippen LogP contribution in [0, 0.1) is 6.92 Å². The summed E-state index contributed by atoms with van der Waals surface area (Å²) in [6.07, 6.45) is 1.30. The average Bonchev–Trinajstić information content (AvgIpc) is 2.34. The molecule has 6 nitrogen and oxygen atoms in total. The number of aryl methyl sites for hydroxylation is 1. The first-order valence-electron chi connectivity index (χ1n) is 5.05. The Morgan fingerprint density at radius 3 is 2.22 bits per heavy atom. The molecule has 18 heavy (non-hydrogen) atoms. The van der Waals surface area contributed by atoms with E-state index in [-0.39, 0.29) is 0 Å². The number of nitrogens with one attached hydrogen (secondary N) is 2. The van der Waals surface area contributed by atoms with Crippen molar-refractivity contribution >= 4 is 17.8 Å². The van der Waals surface area contributed by atoms with E-state index in [1.165, 1.54) is 0 Å². The first-order valence-corrected chi connectivity index (χ1v) is 5.05. The summed E-state index contributed by atoms with van der Waals surface area (Å²) in [5.74, 6) is -2.75. The number of carbonyl (C=O) groups excluding carboxylic acids is 3. The van der Waals surface area contributed by atoms with Crippen molar-refractivity contribution in [2.45, 2.75) is 6.92 Å². The predicted octanol–water partition coefficient (Wildman–Crippen LogP) is -0.938. The van der Waals surface area contributed by atoms with Gasteiger partial charge in [-0.05, 0) is 25.1 Å². The summed E-state index contributed by atoms with van der Waals surface area (Å²) in [6.45, 7) is 1.88. The molecule has 6 heteroatoms. The zero-order valence-corrected chi connectivity index (χ0v) is 9.60. The van der Waals surface area contributed by atoms with E-state index in [0.717, 1.165) is 11.6 Å². The number of carboxylic acid groups (broad SMARTS) is 1. The van der Waals surface area contributed by atoms with E-state index in [4.69, 9.17) is 0 Å². The van der Waals surface area contributed by atoms with Crippen LogP contribution >= 0.6 is 0 Å². The number of aliphatic carboxylic acids is 1. The lowest BCUT2D eigenvalue weighted by atomic mass is 10.1. The van der Waals surface area contributed by atoms with Crippen LogP contribution in [0.4, 0.5) is 0 Å². The molecule has 1 rings (SSSR count). The Labute approximate surface area is 103 Å². The molecule has 0 aliphatic heterocycles. The summed E-state index contributed by atoms with van der Waals surface area (Å²) in [4.78, 5) is 32.6. The van der Waals surface area contributed by atoms with Crippen molar-refractivity contribution in [3.05, 3.63) is 47.5 Å². The Kier molecular flexibility index (Phi) is 4.62. The molecule has 0 saturated carbocycles. The van der Waals surface area contributed by atoms with Crippen LogP contribution in [-0.4, -0.2) is 17.8 Å². The Morgan fingerprint density at radius 2 is 1.67 bits per heavy atom. The zero-order valence-electron chi connectivity index (χ0n) is 9.60. The molecule has 0 heterocycles. The maximum atomic E-state index is 11.5. The molecule has 0 aromatic heterocycles. The van der Waals surface area contributed by atoms with Crippen molar-refractivity contribution in [2.75, 3.05) is 0 Å². The fourth-order valence-electron chi connectivity index (χ4n) is 1.08. The van der Waals surface area contributed by atoms with Crippen molar-refractivity contribution in [2.24, 2.45) is 0 Å². The topological polar surface area (TPSA) is 98.3 Å². The molecule has 0 aliphatic rings. The van der Waals surface area contributed by atoms with Gasteiger partial charge in [0.15, 0.2) is 0 Å². The Bertz CT molecular complexity index is 491. The molecule has 0 aliphatic carbocycles. The molecule has 0 atom stereocenters. The lowest BCUT2D eigenvalue weighted by Crippen LogP contribution is -2.41. The Hall–Kier alpha value is -2.63. The van der Waals surface area contributed by atoms with Gasteiger partial charge in [0.2, 0.25) is 0 Å². The van der Waals surface area contributed by atoms with Gasteiger partial charge < -0.3 is 9.90 Å². The second-order valence-electron chi connectivity index (χ2n) is 3.46. The van der Waals surface area contributed by atoms with E-state index >= 15 is 0 Å². The third-order valence-electron chi connectivity index (χ3n) is 1.98. The molecule has 2 N–H and O–H groups in total. The van der Waals surface area contributed by atoms with E-state index in [1.54, 1.807) is 24.3 Å². The fourth-order valence-corrected chi connectivity index (χ4v) is 1.08. The monoisotopic (exact) mass is 247 g/mol. The highest BCUT2D eigenvalue weighted by molar-refractivity contribution is 5.98. The zero-order chi connectivity index (χ0) is 13.5. The standard InChI is InChI=1S/C12H12N2O4/c1-8-2-4-9(5-3-8)12(18)14-13-10(15)6-7-11(16)17/h2-7H,1H3,(H,13,15)(H,14,18)(H,16,17)/p-1/b7-6+. The summed E-state index contributed by atoms with van der Waals surface area (Å²) in [5.41, 5.74) is 5.56. The van der Waals surface area contributed by atoms with Gasteiger partial charge in [-0.1, -0.05) is 17.7 Å². The second kappa shape index (κ2) is 6.19. The smallest absolute Gasteiger partial charge is 0.269 e. The highest BCUT2D eigenvalue weighted by atomic mass is 16.4. The third kappa shape index (κ3) is 4.48. The van der Waals surface area contributed by atoms with E-state index in [1.807, 2.05) is 12.3 Å². The molecular weight excluding hydrogens is 236 g/mol. The molecular formula is C12H11N2O4-. The van der Waals surface area contributed by atoms with Crippen LogP contribution in [0.3, 0.4) is 0 Å². The van der Waals surface area contributed by atoms with Crippen molar-refractivity contribution in [1.82, 2.24) is 10.9 Å². The van der Waals surface area contributed by atoms with E-state index in [2.05, 4.69) is 5.43 Å². The maximum absolute atomic E-state index is 11.5. The lowest BCUT2D eigenvalue weighted by molar-refractivity contribution is -0.297. The average molecular weight is 247 g/mol. The first-order chi connectivity index (χ1) is 8.49. The quantitative estimate of drug-likeness (QED) is 0.532. The van der Waals surface area contributed by atoms with Crippen LogP contribution < -0.4 is 16.0 Å². The van der Waals surface area contributed by atoms with Crippen LogP contribution in [0.15, 0.2) is 36.4 Å². The maximum Gasteiger partial charge on any atom is 0.269 e. The number of rotatable bonds is 3. The number of hydrogen-bond acceptors (Lipinski definition) is 4. The van der Waals surface area contributed by atoms with E-state index < -0.39 is 17.8 Å². The molecule has 94 valence electrons. The number of hydrogen-bond donors (Lipinski definition) is 2. The molecule has 0 saturated heterocycles. The molecule has 0 radical (unpaired) electrons. The van der Waals surface area contributed by atoms with E-state index in [9.17, 15) is 19.5 Å². The van der Waals surface area contributed by atoms with Gasteiger partial charge in [-0.3, -0.25) is 20.4 Å². The van der Waals surface area contributed by atoms with Crippen molar-refractivity contribution in [3.8, 4) is 0 Å². The van der Waals surface area contributed by atoms with Gasteiger partial charge in [0.25, 0.3) is 11.8 Å². The highest BCUT2D eigenvalue weighted by Crippen LogP contribution is 2.02. The van der Waals surface area contributed by atoms with Gasteiger partial charge in [-0.25, -0.2) is 0 Å². The van der Waals surface area contributed by atoms with Gasteiger partial charge in [0, 0.05) is 11.6 Å². The highest BCUT2D eigenvalue weighted by Gasteiger charge is 2.04.